The first-order chi connectivity index (χ1) is 11.9. The molecule has 2 fully saturated rings. The lowest BCUT2D eigenvalue weighted by Crippen LogP contribution is -2.54. The molecule has 0 unspecified atom stereocenters. The Morgan fingerprint density at radius 3 is 2.68 bits per heavy atom. The molecule has 0 radical (unpaired) electrons. The largest absolute Gasteiger partial charge is 0.350 e. The molecule has 1 aromatic rings. The van der Waals surface area contributed by atoms with Crippen LogP contribution in [0.5, 0.6) is 0 Å². The first-order valence-corrected chi connectivity index (χ1v) is 8.89. The molecule has 6 heteroatoms. The summed E-state index contributed by atoms with van der Waals surface area (Å²) in [6.45, 7) is 4.15. The molecule has 1 aliphatic heterocycles. The summed E-state index contributed by atoms with van der Waals surface area (Å²) in [4.78, 5) is 38.3. The molecule has 1 heterocycles. The van der Waals surface area contributed by atoms with Gasteiger partial charge in [-0.3, -0.25) is 14.5 Å². The predicted octanol–water partition coefficient (Wildman–Crippen LogP) is 2.11. The number of hydrogen-bond donors (Lipinski definition) is 2. The smallest absolute Gasteiger partial charge is 0.325 e. The predicted molar refractivity (Wildman–Crippen MR) is 93.6 cm³/mol. The average molecular weight is 343 g/mol. The topological polar surface area (TPSA) is 78.5 Å². The third-order valence-corrected chi connectivity index (χ3v) is 5.41. The first kappa shape index (κ1) is 17.5. The van der Waals surface area contributed by atoms with Gasteiger partial charge < -0.3 is 10.6 Å². The third-order valence-electron chi connectivity index (χ3n) is 5.41. The minimum Gasteiger partial charge on any atom is -0.350 e. The highest BCUT2D eigenvalue weighted by Gasteiger charge is 2.55. The number of nitrogens with one attached hydrogen (secondary N) is 2. The average Bonchev–Trinajstić information content (AvgIpc) is 2.82. The van der Waals surface area contributed by atoms with Gasteiger partial charge in [-0.2, -0.15) is 0 Å². The van der Waals surface area contributed by atoms with E-state index in [4.69, 9.17) is 0 Å². The van der Waals surface area contributed by atoms with Crippen LogP contribution in [-0.2, 0) is 16.1 Å². The third kappa shape index (κ3) is 3.38. The van der Waals surface area contributed by atoms with Crippen molar-refractivity contribution in [3.05, 3.63) is 35.4 Å². The second-order valence-corrected chi connectivity index (χ2v) is 7.20. The first-order valence-electron chi connectivity index (χ1n) is 8.89. The zero-order valence-electron chi connectivity index (χ0n) is 14.8. The van der Waals surface area contributed by atoms with Crippen molar-refractivity contribution in [3.63, 3.8) is 0 Å². The van der Waals surface area contributed by atoms with Gasteiger partial charge in [-0.05, 0) is 31.2 Å². The van der Waals surface area contributed by atoms with Crippen molar-refractivity contribution < 1.29 is 14.4 Å². The van der Waals surface area contributed by atoms with Crippen LogP contribution in [0.1, 0.15) is 43.7 Å². The van der Waals surface area contributed by atoms with E-state index in [0.29, 0.717) is 13.0 Å². The molecule has 3 rings (SSSR count). The molecule has 0 bridgehead atoms. The molecule has 1 spiro atoms. The van der Waals surface area contributed by atoms with Crippen molar-refractivity contribution in [1.82, 2.24) is 15.5 Å². The van der Waals surface area contributed by atoms with Gasteiger partial charge in [0.1, 0.15) is 12.1 Å². The molecular weight excluding hydrogens is 318 g/mol. The summed E-state index contributed by atoms with van der Waals surface area (Å²) < 4.78 is 0. The van der Waals surface area contributed by atoms with Gasteiger partial charge in [-0.1, -0.05) is 49.6 Å². The van der Waals surface area contributed by atoms with Crippen LogP contribution in [0.25, 0.3) is 0 Å². The lowest BCUT2D eigenvalue weighted by molar-refractivity contribution is -0.137. The maximum absolute atomic E-state index is 12.8. The van der Waals surface area contributed by atoms with Gasteiger partial charge in [0.25, 0.3) is 5.91 Å². The fourth-order valence-electron chi connectivity index (χ4n) is 3.75. The Balaban J connectivity index is 1.60. The Morgan fingerprint density at radius 2 is 2.00 bits per heavy atom. The van der Waals surface area contributed by atoms with Gasteiger partial charge in [0.2, 0.25) is 5.91 Å². The van der Waals surface area contributed by atoms with E-state index in [-0.39, 0.29) is 24.3 Å². The lowest BCUT2D eigenvalue weighted by Gasteiger charge is -2.36. The van der Waals surface area contributed by atoms with E-state index in [1.807, 2.05) is 38.1 Å². The summed E-state index contributed by atoms with van der Waals surface area (Å²) in [6.07, 6.45) is 3.56. The minimum absolute atomic E-state index is 0.0957. The molecule has 6 nitrogen and oxygen atoms in total. The number of carbonyl (C=O) groups is 3. The van der Waals surface area contributed by atoms with Gasteiger partial charge >= 0.3 is 6.03 Å². The number of nitrogens with zero attached hydrogens (tertiary/aromatic N) is 1. The number of aryl methyl sites for hydroxylation is 1. The van der Waals surface area contributed by atoms with Crippen LogP contribution in [0.4, 0.5) is 4.79 Å². The van der Waals surface area contributed by atoms with E-state index >= 15 is 0 Å². The van der Waals surface area contributed by atoms with Gasteiger partial charge in [0.05, 0.1) is 0 Å². The second kappa shape index (κ2) is 6.86. The van der Waals surface area contributed by atoms with Crippen LogP contribution in [0.3, 0.4) is 0 Å². The summed E-state index contributed by atoms with van der Waals surface area (Å²) >= 11 is 0. The number of carbonyl (C=O) groups excluding carboxylic acids is 3. The number of rotatable bonds is 4. The molecular formula is C19H25N3O3. The van der Waals surface area contributed by atoms with Crippen molar-refractivity contribution in [2.24, 2.45) is 5.92 Å². The molecule has 2 N–H and O–H groups in total. The Bertz CT molecular complexity index is 686. The van der Waals surface area contributed by atoms with E-state index in [1.54, 1.807) is 0 Å². The number of amides is 4. The fourth-order valence-corrected chi connectivity index (χ4v) is 3.75. The van der Waals surface area contributed by atoms with Crippen molar-refractivity contribution in [2.75, 3.05) is 6.54 Å². The van der Waals surface area contributed by atoms with Crippen LogP contribution in [0.15, 0.2) is 24.3 Å². The number of hydrogen-bond acceptors (Lipinski definition) is 3. The van der Waals surface area contributed by atoms with Gasteiger partial charge in [-0.25, -0.2) is 4.79 Å². The molecule has 1 saturated carbocycles. The number of urea groups is 1. The summed E-state index contributed by atoms with van der Waals surface area (Å²) in [6, 6.07) is 7.40. The zero-order chi connectivity index (χ0) is 18.0. The quantitative estimate of drug-likeness (QED) is 0.822. The summed E-state index contributed by atoms with van der Waals surface area (Å²) in [5.41, 5.74) is 1.32. The highest BCUT2D eigenvalue weighted by molar-refractivity contribution is 6.09. The number of benzene rings is 1. The maximum atomic E-state index is 12.8. The van der Waals surface area contributed by atoms with Gasteiger partial charge in [0.15, 0.2) is 0 Å². The Hall–Kier alpha value is -2.37. The van der Waals surface area contributed by atoms with Crippen LogP contribution >= 0.6 is 0 Å². The van der Waals surface area contributed by atoms with Crippen LogP contribution in [0.2, 0.25) is 0 Å². The summed E-state index contributed by atoms with van der Waals surface area (Å²) in [5, 5.41) is 5.64. The SMILES string of the molecule is Cc1ccc(CNC(=O)CN2C(=O)N[C@@]3(CCCC[C@@H]3C)C2=O)cc1. The van der Waals surface area contributed by atoms with Crippen LogP contribution in [0, 0.1) is 12.8 Å². The van der Waals surface area contributed by atoms with E-state index in [2.05, 4.69) is 10.6 Å². The Labute approximate surface area is 148 Å². The Kier molecular flexibility index (Phi) is 4.79. The second-order valence-electron chi connectivity index (χ2n) is 7.20. The standard InChI is InChI=1S/C19H25N3O3/c1-13-6-8-15(9-7-13)11-20-16(23)12-22-17(24)19(21-18(22)25)10-4-3-5-14(19)2/h6-9,14H,3-5,10-12H2,1-2H3,(H,20,23)(H,21,25)/t14-,19+/m0/s1. The van der Waals surface area contributed by atoms with E-state index < -0.39 is 11.6 Å². The monoisotopic (exact) mass is 343 g/mol. The fraction of sp³-hybridized carbons (Fsp3) is 0.526. The molecule has 25 heavy (non-hydrogen) atoms. The van der Waals surface area contributed by atoms with E-state index in [0.717, 1.165) is 35.3 Å². The van der Waals surface area contributed by atoms with Crippen molar-refractivity contribution in [1.29, 1.82) is 0 Å². The summed E-state index contributed by atoms with van der Waals surface area (Å²) in [7, 11) is 0. The highest BCUT2D eigenvalue weighted by atomic mass is 16.2. The van der Waals surface area contributed by atoms with Crippen molar-refractivity contribution >= 4 is 17.8 Å². The zero-order valence-corrected chi connectivity index (χ0v) is 14.8. The van der Waals surface area contributed by atoms with E-state index in [1.165, 1.54) is 0 Å². The highest BCUT2D eigenvalue weighted by Crippen LogP contribution is 2.38. The minimum atomic E-state index is -0.813. The van der Waals surface area contributed by atoms with Gasteiger partial charge in [0, 0.05) is 6.54 Å². The molecule has 1 aromatic carbocycles. The molecule has 2 atom stereocenters. The molecule has 134 valence electrons. The molecule has 0 aromatic heterocycles. The number of imide groups is 1. The van der Waals surface area contributed by atoms with Crippen LogP contribution in [-0.4, -0.2) is 34.8 Å². The maximum Gasteiger partial charge on any atom is 0.325 e. The molecule has 2 aliphatic rings. The molecule has 1 aliphatic carbocycles. The van der Waals surface area contributed by atoms with E-state index in [9.17, 15) is 14.4 Å². The normalized spacial score (nSPS) is 26.0. The van der Waals surface area contributed by atoms with Gasteiger partial charge in [-0.15, -0.1) is 0 Å². The van der Waals surface area contributed by atoms with Crippen molar-refractivity contribution in [3.8, 4) is 0 Å². The molecule has 1 saturated heterocycles. The lowest BCUT2D eigenvalue weighted by atomic mass is 9.73. The van der Waals surface area contributed by atoms with Crippen molar-refractivity contribution in [2.45, 2.75) is 51.6 Å². The Morgan fingerprint density at radius 1 is 1.28 bits per heavy atom. The molecule has 4 amide bonds. The van der Waals surface area contributed by atoms with Crippen LogP contribution < -0.4 is 10.6 Å². The summed E-state index contributed by atoms with van der Waals surface area (Å²) in [5.74, 6) is -0.488.